The molecule has 2 saturated heterocycles. The van der Waals surface area contributed by atoms with E-state index in [1.165, 1.54) is 12.8 Å². The van der Waals surface area contributed by atoms with Gasteiger partial charge < -0.3 is 14.4 Å². The number of halogens is 3. The van der Waals surface area contributed by atoms with Crippen LogP contribution in [0, 0.1) is 5.41 Å². The average molecular weight is 453 g/mol. The van der Waals surface area contributed by atoms with E-state index in [1.54, 1.807) is 18.4 Å². The van der Waals surface area contributed by atoms with Gasteiger partial charge >= 0.3 is 12.1 Å². The molecule has 0 unspecified atom stereocenters. The Morgan fingerprint density at radius 1 is 1.03 bits per heavy atom. The van der Waals surface area contributed by atoms with Crippen LogP contribution in [0.1, 0.15) is 41.9 Å². The number of nitrogens with zero attached hydrogens (tertiary/aromatic N) is 3. The number of hydrogen-bond donors (Lipinski definition) is 1. The summed E-state index contributed by atoms with van der Waals surface area (Å²) in [6.07, 6.45) is 3.02. The van der Waals surface area contributed by atoms with Gasteiger partial charge in [-0.2, -0.15) is 13.2 Å². The molecule has 32 heavy (non-hydrogen) atoms. The number of carboxylic acid groups (broad SMARTS) is 1. The monoisotopic (exact) mass is 453 g/mol. The van der Waals surface area contributed by atoms with Crippen LogP contribution in [0.3, 0.4) is 0 Å². The lowest BCUT2D eigenvalue weighted by atomic mass is 9.71. The Labute approximate surface area is 183 Å². The Morgan fingerprint density at radius 3 is 2.16 bits per heavy atom. The number of rotatable bonds is 3. The van der Waals surface area contributed by atoms with Crippen molar-refractivity contribution in [3.05, 3.63) is 54.2 Å². The lowest BCUT2D eigenvalue weighted by molar-refractivity contribution is -0.192. The first kappa shape index (κ1) is 23.8. The van der Waals surface area contributed by atoms with Crippen molar-refractivity contribution in [3.8, 4) is 0 Å². The summed E-state index contributed by atoms with van der Waals surface area (Å²) in [7, 11) is 0. The largest absolute Gasteiger partial charge is 0.490 e. The standard InChI is InChI=1S/C20H25N3O2.C2HF3O2/c24-19(18-5-3-15-25-18)23-13-8-20(9-14-23)6-11-22(12-7-20)16-17-4-1-2-10-21-17;3-2(4,5)1(6)7/h1-5,10,15H,6-9,11-14,16H2;(H,6,7). The van der Waals surface area contributed by atoms with E-state index in [1.807, 2.05) is 17.2 Å². The summed E-state index contributed by atoms with van der Waals surface area (Å²) >= 11 is 0. The fraction of sp³-hybridized carbons (Fsp3) is 0.500. The third-order valence-corrected chi connectivity index (χ3v) is 6.11. The van der Waals surface area contributed by atoms with Crippen LogP contribution >= 0.6 is 0 Å². The van der Waals surface area contributed by atoms with Gasteiger partial charge in [-0.1, -0.05) is 6.07 Å². The first-order valence-corrected chi connectivity index (χ1v) is 10.4. The molecule has 0 saturated carbocycles. The minimum atomic E-state index is -5.08. The van der Waals surface area contributed by atoms with E-state index < -0.39 is 12.1 Å². The molecule has 4 heterocycles. The highest BCUT2D eigenvalue weighted by Crippen LogP contribution is 2.41. The maximum absolute atomic E-state index is 12.4. The van der Waals surface area contributed by atoms with Gasteiger partial charge in [0.2, 0.25) is 0 Å². The van der Waals surface area contributed by atoms with E-state index in [-0.39, 0.29) is 5.91 Å². The normalized spacial score (nSPS) is 18.7. The topological polar surface area (TPSA) is 86.9 Å². The van der Waals surface area contributed by atoms with Crippen molar-refractivity contribution in [3.63, 3.8) is 0 Å². The fourth-order valence-electron chi connectivity index (χ4n) is 4.15. The van der Waals surface area contributed by atoms with Crippen molar-refractivity contribution in [1.29, 1.82) is 0 Å². The highest BCUT2D eigenvalue weighted by Gasteiger charge is 2.39. The van der Waals surface area contributed by atoms with Crippen LogP contribution in [0.2, 0.25) is 0 Å². The summed E-state index contributed by atoms with van der Waals surface area (Å²) < 4.78 is 37.0. The van der Waals surface area contributed by atoms with Gasteiger partial charge in [-0.3, -0.25) is 14.7 Å². The predicted molar refractivity (Wildman–Crippen MR) is 109 cm³/mol. The maximum atomic E-state index is 12.4. The highest BCUT2D eigenvalue weighted by molar-refractivity contribution is 5.91. The molecule has 2 fully saturated rings. The van der Waals surface area contributed by atoms with E-state index in [9.17, 15) is 18.0 Å². The SMILES string of the molecule is O=C(O)C(F)(F)F.O=C(c1ccco1)N1CCC2(CCN(Cc3ccccn3)CC2)CC1. The minimum absolute atomic E-state index is 0.0347. The molecule has 1 amide bonds. The Hall–Kier alpha value is -2.88. The second kappa shape index (κ2) is 10.2. The second-order valence-electron chi connectivity index (χ2n) is 8.17. The second-order valence-corrected chi connectivity index (χ2v) is 8.17. The Morgan fingerprint density at radius 2 is 1.66 bits per heavy atom. The number of carbonyl (C=O) groups excluding carboxylic acids is 1. The zero-order chi connectivity index (χ0) is 23.2. The first-order chi connectivity index (χ1) is 15.2. The van der Waals surface area contributed by atoms with Crippen LogP contribution in [-0.2, 0) is 11.3 Å². The lowest BCUT2D eigenvalue weighted by Crippen LogP contribution is -2.48. The summed E-state index contributed by atoms with van der Waals surface area (Å²) in [5.74, 6) is -2.26. The summed E-state index contributed by atoms with van der Waals surface area (Å²) in [6, 6.07) is 9.65. The fourth-order valence-corrected chi connectivity index (χ4v) is 4.15. The molecule has 0 aromatic carbocycles. The van der Waals surface area contributed by atoms with Crippen LogP contribution in [0.15, 0.2) is 47.2 Å². The highest BCUT2D eigenvalue weighted by atomic mass is 19.4. The molecule has 174 valence electrons. The van der Waals surface area contributed by atoms with Gasteiger partial charge in [0.05, 0.1) is 12.0 Å². The number of amides is 1. The summed E-state index contributed by atoms with van der Waals surface area (Å²) in [4.78, 5) is 30.2. The summed E-state index contributed by atoms with van der Waals surface area (Å²) in [5.41, 5.74) is 1.57. The molecule has 7 nitrogen and oxygen atoms in total. The van der Waals surface area contributed by atoms with Gasteiger partial charge in [0.25, 0.3) is 5.91 Å². The van der Waals surface area contributed by atoms with Crippen molar-refractivity contribution in [2.75, 3.05) is 26.2 Å². The van der Waals surface area contributed by atoms with Gasteiger partial charge in [-0.05, 0) is 68.5 Å². The molecule has 2 aliphatic heterocycles. The van der Waals surface area contributed by atoms with Gasteiger partial charge in [-0.15, -0.1) is 0 Å². The van der Waals surface area contributed by atoms with Crippen LogP contribution in [-0.4, -0.2) is 64.1 Å². The van der Waals surface area contributed by atoms with Crippen molar-refractivity contribution >= 4 is 11.9 Å². The van der Waals surface area contributed by atoms with E-state index in [0.717, 1.165) is 51.3 Å². The number of piperidine rings is 2. The number of alkyl halides is 3. The van der Waals surface area contributed by atoms with Gasteiger partial charge in [-0.25, -0.2) is 4.79 Å². The molecule has 1 N–H and O–H groups in total. The maximum Gasteiger partial charge on any atom is 0.490 e. The Balaban J connectivity index is 0.000000360. The van der Waals surface area contributed by atoms with Gasteiger partial charge in [0.15, 0.2) is 5.76 Å². The van der Waals surface area contributed by atoms with Crippen LogP contribution in [0.5, 0.6) is 0 Å². The van der Waals surface area contributed by atoms with E-state index in [0.29, 0.717) is 11.2 Å². The van der Waals surface area contributed by atoms with E-state index in [2.05, 4.69) is 22.0 Å². The average Bonchev–Trinajstić information content (AvgIpc) is 3.31. The zero-order valence-electron chi connectivity index (χ0n) is 17.6. The molecule has 0 aliphatic carbocycles. The van der Waals surface area contributed by atoms with Gasteiger partial charge in [0, 0.05) is 25.8 Å². The smallest absolute Gasteiger partial charge is 0.475 e. The van der Waals surface area contributed by atoms with E-state index in [4.69, 9.17) is 14.3 Å². The molecular formula is C22H26F3N3O4. The van der Waals surface area contributed by atoms with Gasteiger partial charge in [0.1, 0.15) is 0 Å². The quantitative estimate of drug-likeness (QED) is 0.760. The Bertz CT molecular complexity index is 870. The molecule has 2 aliphatic rings. The zero-order valence-corrected chi connectivity index (χ0v) is 17.6. The number of furan rings is 1. The van der Waals surface area contributed by atoms with Crippen molar-refractivity contribution in [2.24, 2.45) is 5.41 Å². The molecule has 10 heteroatoms. The number of likely N-dealkylation sites (tertiary alicyclic amines) is 2. The Kier molecular flexibility index (Phi) is 7.55. The number of aromatic nitrogens is 1. The molecule has 0 atom stereocenters. The van der Waals surface area contributed by atoms with Crippen molar-refractivity contribution in [2.45, 2.75) is 38.4 Å². The summed E-state index contributed by atoms with van der Waals surface area (Å²) in [6.45, 7) is 4.89. The lowest BCUT2D eigenvalue weighted by Gasteiger charge is -2.46. The van der Waals surface area contributed by atoms with Crippen LogP contribution < -0.4 is 0 Å². The van der Waals surface area contributed by atoms with Crippen molar-refractivity contribution in [1.82, 2.24) is 14.8 Å². The predicted octanol–water partition coefficient (Wildman–Crippen LogP) is 3.83. The minimum Gasteiger partial charge on any atom is -0.475 e. The van der Waals surface area contributed by atoms with Crippen LogP contribution in [0.25, 0.3) is 0 Å². The first-order valence-electron chi connectivity index (χ1n) is 10.4. The third-order valence-electron chi connectivity index (χ3n) is 6.11. The molecular weight excluding hydrogens is 427 g/mol. The molecule has 0 radical (unpaired) electrons. The molecule has 2 aromatic rings. The number of pyridine rings is 1. The molecule has 1 spiro atoms. The number of hydrogen-bond acceptors (Lipinski definition) is 5. The van der Waals surface area contributed by atoms with E-state index >= 15 is 0 Å². The third kappa shape index (κ3) is 6.32. The molecule has 4 rings (SSSR count). The number of aliphatic carboxylic acids is 1. The van der Waals surface area contributed by atoms with Crippen LogP contribution in [0.4, 0.5) is 13.2 Å². The molecule has 2 aromatic heterocycles. The van der Waals surface area contributed by atoms with Crippen molar-refractivity contribution < 1.29 is 32.3 Å². The number of carboxylic acids is 1. The number of carbonyl (C=O) groups is 2. The summed E-state index contributed by atoms with van der Waals surface area (Å²) in [5, 5.41) is 7.12. The molecule has 0 bridgehead atoms.